The van der Waals surface area contributed by atoms with Crippen LogP contribution in [0.1, 0.15) is 44.2 Å². The van der Waals surface area contributed by atoms with Crippen molar-refractivity contribution in [2.45, 2.75) is 51.7 Å². The van der Waals surface area contributed by atoms with Crippen LogP contribution < -0.4 is 10.6 Å². The second-order valence-corrected chi connectivity index (χ2v) is 6.88. The van der Waals surface area contributed by atoms with Crippen LogP contribution in [0.25, 0.3) is 0 Å². The topological polar surface area (TPSA) is 67.4 Å². The van der Waals surface area contributed by atoms with Crippen molar-refractivity contribution < 1.29 is 14.3 Å². The van der Waals surface area contributed by atoms with Crippen LogP contribution in [0.4, 0.5) is 5.69 Å². The van der Waals surface area contributed by atoms with Crippen molar-refractivity contribution in [2.75, 3.05) is 18.4 Å². The molecule has 0 aromatic heterocycles. The highest BCUT2D eigenvalue weighted by Crippen LogP contribution is 2.40. The number of anilines is 1. The van der Waals surface area contributed by atoms with Gasteiger partial charge < -0.3 is 15.4 Å². The van der Waals surface area contributed by atoms with Crippen LogP contribution >= 0.6 is 0 Å². The Labute approximate surface area is 143 Å². The predicted molar refractivity (Wildman–Crippen MR) is 93.2 cm³/mol. The number of ketones is 1. The summed E-state index contributed by atoms with van der Waals surface area (Å²) in [6.07, 6.45) is 1.55. The fraction of sp³-hybridized carbons (Fsp3) is 0.579. The molecule has 1 aromatic rings. The molecule has 130 valence electrons. The van der Waals surface area contributed by atoms with E-state index >= 15 is 0 Å². The Morgan fingerprint density at radius 3 is 2.75 bits per heavy atom. The third kappa shape index (κ3) is 3.31. The van der Waals surface area contributed by atoms with Crippen LogP contribution in [0.5, 0.6) is 0 Å². The Morgan fingerprint density at radius 2 is 2.08 bits per heavy atom. The number of hydrogen-bond acceptors (Lipinski definition) is 5. The average molecular weight is 330 g/mol. The zero-order valence-electron chi connectivity index (χ0n) is 14.6. The molecule has 0 spiro atoms. The Kier molecular flexibility index (Phi) is 4.90. The van der Waals surface area contributed by atoms with Gasteiger partial charge in [-0.1, -0.05) is 19.1 Å². The molecule has 0 amide bonds. The van der Waals surface area contributed by atoms with E-state index in [1.165, 1.54) is 18.1 Å². The first-order valence-electron chi connectivity index (χ1n) is 8.77. The highest BCUT2D eigenvalue weighted by Gasteiger charge is 2.41. The fourth-order valence-corrected chi connectivity index (χ4v) is 4.13. The summed E-state index contributed by atoms with van der Waals surface area (Å²) in [6.45, 7) is 6.65. The molecule has 2 aliphatic heterocycles. The maximum atomic E-state index is 12.4. The zero-order valence-corrected chi connectivity index (χ0v) is 14.6. The van der Waals surface area contributed by atoms with Gasteiger partial charge in [0.25, 0.3) is 0 Å². The summed E-state index contributed by atoms with van der Waals surface area (Å²) in [5.41, 5.74) is 3.67. The minimum Gasteiger partial charge on any atom is -0.461 e. The number of carbonyl (C=O) groups excluding carboxylic acids is 2. The number of esters is 1. The minimum absolute atomic E-state index is 0.0508. The van der Waals surface area contributed by atoms with Gasteiger partial charge in [0, 0.05) is 50.0 Å². The Hall–Kier alpha value is -1.88. The van der Waals surface area contributed by atoms with Crippen LogP contribution in [-0.2, 0) is 20.7 Å². The van der Waals surface area contributed by atoms with Crippen LogP contribution in [0.15, 0.2) is 18.2 Å². The standard InChI is InChI=1S/C19H26N2O3/c1-4-13-5-6-17-15(7-13)16(10-21-17)19(11(2)22)18-8-14(9-20-18)24-12(3)23/h5-7,14,16,18-21H,4,8-10H2,1-3H3. The number of Topliss-reactive ketones (excluding diaryl/α,β-unsaturated/α-hetero) is 1. The third-order valence-corrected chi connectivity index (χ3v) is 5.23. The van der Waals surface area contributed by atoms with Gasteiger partial charge in [-0.05, 0) is 30.5 Å². The van der Waals surface area contributed by atoms with Gasteiger partial charge in [0.2, 0.25) is 0 Å². The number of ether oxygens (including phenoxy) is 1. The average Bonchev–Trinajstić information content (AvgIpc) is 3.14. The van der Waals surface area contributed by atoms with Gasteiger partial charge in [0.1, 0.15) is 11.9 Å². The molecule has 0 radical (unpaired) electrons. The van der Waals surface area contributed by atoms with Crippen molar-refractivity contribution in [1.29, 1.82) is 0 Å². The van der Waals surface area contributed by atoms with E-state index in [0.717, 1.165) is 18.7 Å². The number of benzene rings is 1. The third-order valence-electron chi connectivity index (χ3n) is 5.23. The molecule has 3 rings (SSSR count). The highest BCUT2D eigenvalue weighted by atomic mass is 16.5. The summed E-state index contributed by atoms with van der Waals surface area (Å²) in [5, 5.41) is 6.84. The molecule has 24 heavy (non-hydrogen) atoms. The number of hydrogen-bond donors (Lipinski definition) is 2. The molecule has 0 bridgehead atoms. The first kappa shape index (κ1) is 17.0. The molecule has 0 saturated carbocycles. The molecular weight excluding hydrogens is 304 g/mol. The van der Waals surface area contributed by atoms with E-state index in [1.807, 2.05) is 0 Å². The van der Waals surface area contributed by atoms with Crippen LogP contribution in [0.2, 0.25) is 0 Å². The summed E-state index contributed by atoms with van der Waals surface area (Å²) in [4.78, 5) is 23.6. The number of nitrogens with one attached hydrogen (secondary N) is 2. The maximum Gasteiger partial charge on any atom is 0.302 e. The second kappa shape index (κ2) is 6.93. The molecule has 1 saturated heterocycles. The normalized spacial score (nSPS) is 26.5. The van der Waals surface area contributed by atoms with Crippen molar-refractivity contribution in [3.05, 3.63) is 29.3 Å². The zero-order chi connectivity index (χ0) is 17.3. The predicted octanol–water partition coefficient (Wildman–Crippen LogP) is 2.26. The summed E-state index contributed by atoms with van der Waals surface area (Å²) >= 11 is 0. The van der Waals surface area contributed by atoms with Gasteiger partial charge in [-0.15, -0.1) is 0 Å². The molecule has 5 heteroatoms. The molecule has 5 nitrogen and oxygen atoms in total. The van der Waals surface area contributed by atoms with E-state index in [4.69, 9.17) is 4.74 Å². The number of aryl methyl sites for hydroxylation is 1. The quantitative estimate of drug-likeness (QED) is 0.811. The maximum absolute atomic E-state index is 12.4. The smallest absolute Gasteiger partial charge is 0.302 e. The second-order valence-electron chi connectivity index (χ2n) is 6.88. The van der Waals surface area contributed by atoms with Gasteiger partial charge in [-0.3, -0.25) is 9.59 Å². The molecule has 2 heterocycles. The van der Waals surface area contributed by atoms with Crippen molar-refractivity contribution >= 4 is 17.4 Å². The minimum atomic E-state index is -0.262. The van der Waals surface area contributed by atoms with Crippen molar-refractivity contribution in [3.63, 3.8) is 0 Å². The Morgan fingerprint density at radius 1 is 1.29 bits per heavy atom. The molecule has 4 atom stereocenters. The summed E-state index contributed by atoms with van der Waals surface area (Å²) in [5.74, 6) is -0.0104. The molecule has 2 N–H and O–H groups in total. The lowest BCUT2D eigenvalue weighted by Crippen LogP contribution is -2.39. The van der Waals surface area contributed by atoms with Gasteiger partial charge in [-0.25, -0.2) is 0 Å². The lowest BCUT2D eigenvalue weighted by Gasteiger charge is -2.27. The van der Waals surface area contributed by atoms with E-state index in [2.05, 4.69) is 35.8 Å². The molecular formula is C19H26N2O3. The van der Waals surface area contributed by atoms with Crippen LogP contribution in [-0.4, -0.2) is 37.0 Å². The van der Waals surface area contributed by atoms with Crippen LogP contribution in [0.3, 0.4) is 0 Å². The largest absolute Gasteiger partial charge is 0.461 e. The molecule has 4 unspecified atom stereocenters. The first-order valence-corrected chi connectivity index (χ1v) is 8.77. The Balaban J connectivity index is 1.81. The summed E-state index contributed by atoms with van der Waals surface area (Å²) < 4.78 is 5.31. The Bertz CT molecular complexity index is 643. The number of carbonyl (C=O) groups is 2. The van der Waals surface area contributed by atoms with E-state index < -0.39 is 0 Å². The van der Waals surface area contributed by atoms with E-state index in [9.17, 15) is 9.59 Å². The van der Waals surface area contributed by atoms with Crippen LogP contribution in [0, 0.1) is 5.92 Å². The molecule has 1 aromatic carbocycles. The van der Waals surface area contributed by atoms with E-state index in [0.29, 0.717) is 13.0 Å². The van der Waals surface area contributed by atoms with Gasteiger partial charge in [-0.2, -0.15) is 0 Å². The lowest BCUT2D eigenvalue weighted by atomic mass is 9.79. The van der Waals surface area contributed by atoms with E-state index in [-0.39, 0.29) is 35.7 Å². The summed E-state index contributed by atoms with van der Waals surface area (Å²) in [7, 11) is 0. The molecule has 0 aliphatic carbocycles. The van der Waals surface area contributed by atoms with Gasteiger partial charge >= 0.3 is 5.97 Å². The molecule has 2 aliphatic rings. The van der Waals surface area contributed by atoms with Gasteiger partial charge in [0.15, 0.2) is 0 Å². The van der Waals surface area contributed by atoms with Crippen molar-refractivity contribution in [2.24, 2.45) is 5.92 Å². The fourth-order valence-electron chi connectivity index (χ4n) is 4.13. The molecule has 1 fully saturated rings. The number of rotatable bonds is 5. The highest BCUT2D eigenvalue weighted by molar-refractivity contribution is 5.81. The van der Waals surface area contributed by atoms with E-state index in [1.54, 1.807) is 6.92 Å². The summed E-state index contributed by atoms with van der Waals surface area (Å²) in [6, 6.07) is 6.54. The monoisotopic (exact) mass is 330 g/mol. The lowest BCUT2D eigenvalue weighted by molar-refractivity contribution is -0.145. The van der Waals surface area contributed by atoms with Gasteiger partial charge in [0.05, 0.1) is 0 Å². The first-order chi connectivity index (χ1) is 11.5. The van der Waals surface area contributed by atoms with Crippen molar-refractivity contribution in [3.8, 4) is 0 Å². The van der Waals surface area contributed by atoms with Crippen molar-refractivity contribution in [1.82, 2.24) is 5.32 Å². The SMILES string of the molecule is CCc1ccc2c(c1)C(C(C(C)=O)C1CC(OC(C)=O)CN1)CN2. The number of fused-ring (bicyclic) bond motifs is 1.